The Morgan fingerprint density at radius 3 is 2.70 bits per heavy atom. The van der Waals surface area contributed by atoms with Crippen molar-refractivity contribution in [2.75, 3.05) is 13.2 Å². The second-order valence-electron chi connectivity index (χ2n) is 4.70. The average molecular weight is 269 g/mol. The molecule has 1 atom stereocenters. The summed E-state index contributed by atoms with van der Waals surface area (Å²) in [5.74, 6) is 0.988. The third-order valence-corrected chi connectivity index (χ3v) is 3.43. The van der Waals surface area contributed by atoms with Crippen molar-refractivity contribution in [1.82, 2.24) is 4.98 Å². The first-order valence-corrected chi connectivity index (χ1v) is 6.60. The van der Waals surface area contributed by atoms with Crippen molar-refractivity contribution >= 4 is 5.78 Å². The quantitative estimate of drug-likeness (QED) is 0.804. The topological polar surface area (TPSA) is 48.4 Å². The van der Waals surface area contributed by atoms with Gasteiger partial charge in [-0.05, 0) is 29.8 Å². The molecule has 0 radical (unpaired) electrons. The predicted molar refractivity (Wildman–Crippen MR) is 74.4 cm³/mol. The van der Waals surface area contributed by atoms with Crippen LogP contribution < -0.4 is 9.47 Å². The van der Waals surface area contributed by atoms with E-state index in [0.29, 0.717) is 30.3 Å². The molecule has 1 unspecified atom stereocenters. The molecule has 1 aliphatic heterocycles. The van der Waals surface area contributed by atoms with Crippen LogP contribution in [0.4, 0.5) is 0 Å². The Hall–Kier alpha value is -2.36. The van der Waals surface area contributed by atoms with Crippen LogP contribution >= 0.6 is 0 Å². The lowest BCUT2D eigenvalue weighted by molar-refractivity contribution is 0.0955. The molecule has 0 saturated heterocycles. The normalized spacial score (nSPS) is 14.7. The number of para-hydroxylation sites is 1. The Morgan fingerprint density at radius 2 is 1.90 bits per heavy atom. The lowest BCUT2D eigenvalue weighted by atomic mass is 9.92. The Labute approximate surface area is 117 Å². The third kappa shape index (κ3) is 2.25. The second-order valence-corrected chi connectivity index (χ2v) is 4.70. The summed E-state index contributed by atoms with van der Waals surface area (Å²) in [7, 11) is 0. The molecule has 0 aliphatic carbocycles. The molecule has 4 nitrogen and oxygen atoms in total. The fourth-order valence-corrected chi connectivity index (χ4v) is 2.30. The zero-order chi connectivity index (χ0) is 13.9. The van der Waals surface area contributed by atoms with Gasteiger partial charge in [-0.2, -0.15) is 0 Å². The smallest absolute Gasteiger partial charge is 0.173 e. The fourth-order valence-electron chi connectivity index (χ4n) is 2.30. The number of nitrogens with zero attached hydrogens (tertiary/aromatic N) is 1. The lowest BCUT2D eigenvalue weighted by Gasteiger charge is -2.21. The maximum atomic E-state index is 12.7. The van der Waals surface area contributed by atoms with E-state index >= 15 is 0 Å². The number of hydrogen-bond donors (Lipinski definition) is 0. The summed E-state index contributed by atoms with van der Waals surface area (Å²) in [4.78, 5) is 16.6. The van der Waals surface area contributed by atoms with E-state index in [1.54, 1.807) is 18.5 Å². The van der Waals surface area contributed by atoms with Crippen LogP contribution in [0.2, 0.25) is 0 Å². The number of Topliss-reactive ketones (excluding diaryl/α,β-unsaturated/α-hetero) is 1. The molecular formula is C16H15NO3. The van der Waals surface area contributed by atoms with E-state index in [1.807, 2.05) is 31.2 Å². The van der Waals surface area contributed by atoms with Gasteiger partial charge in [0.25, 0.3) is 0 Å². The SMILES string of the molecule is CC(C(=O)c1cccc2c1OCCO2)c1ccncc1. The molecule has 0 amide bonds. The van der Waals surface area contributed by atoms with Gasteiger partial charge < -0.3 is 9.47 Å². The van der Waals surface area contributed by atoms with Gasteiger partial charge in [-0.15, -0.1) is 0 Å². The monoisotopic (exact) mass is 269 g/mol. The number of carbonyl (C=O) groups is 1. The van der Waals surface area contributed by atoms with Crippen molar-refractivity contribution in [1.29, 1.82) is 0 Å². The van der Waals surface area contributed by atoms with Crippen LogP contribution in [0.5, 0.6) is 11.5 Å². The van der Waals surface area contributed by atoms with Gasteiger partial charge in [-0.25, -0.2) is 0 Å². The van der Waals surface area contributed by atoms with Crippen LogP contribution in [0.15, 0.2) is 42.7 Å². The summed E-state index contributed by atoms with van der Waals surface area (Å²) in [6, 6.07) is 9.14. The maximum Gasteiger partial charge on any atom is 0.173 e. The van der Waals surface area contributed by atoms with Gasteiger partial charge in [0.15, 0.2) is 17.3 Å². The number of hydrogen-bond acceptors (Lipinski definition) is 4. The van der Waals surface area contributed by atoms with E-state index in [0.717, 1.165) is 5.56 Å². The van der Waals surface area contributed by atoms with Crippen LogP contribution in [0.1, 0.15) is 28.8 Å². The van der Waals surface area contributed by atoms with Crippen molar-refractivity contribution in [3.8, 4) is 11.5 Å². The molecule has 2 aromatic rings. The van der Waals surface area contributed by atoms with Gasteiger partial charge in [-0.3, -0.25) is 9.78 Å². The molecule has 0 saturated carbocycles. The zero-order valence-corrected chi connectivity index (χ0v) is 11.2. The Morgan fingerprint density at radius 1 is 1.15 bits per heavy atom. The zero-order valence-electron chi connectivity index (χ0n) is 11.2. The lowest BCUT2D eigenvalue weighted by Crippen LogP contribution is -2.19. The highest BCUT2D eigenvalue weighted by molar-refractivity contribution is 6.03. The van der Waals surface area contributed by atoms with Crippen molar-refractivity contribution < 1.29 is 14.3 Å². The minimum absolute atomic E-state index is 0.0264. The maximum absolute atomic E-state index is 12.7. The number of ketones is 1. The first kappa shape index (κ1) is 12.7. The molecular weight excluding hydrogens is 254 g/mol. The van der Waals surface area contributed by atoms with Gasteiger partial charge >= 0.3 is 0 Å². The Balaban J connectivity index is 1.95. The number of fused-ring (bicyclic) bond motifs is 1. The van der Waals surface area contributed by atoms with E-state index in [-0.39, 0.29) is 11.7 Å². The molecule has 102 valence electrons. The average Bonchev–Trinajstić information content (AvgIpc) is 2.54. The number of aromatic nitrogens is 1. The predicted octanol–water partition coefficient (Wildman–Crippen LogP) is 2.84. The van der Waals surface area contributed by atoms with Crippen molar-refractivity contribution in [3.63, 3.8) is 0 Å². The molecule has 0 N–H and O–H groups in total. The van der Waals surface area contributed by atoms with Crippen molar-refractivity contribution in [3.05, 3.63) is 53.9 Å². The molecule has 4 heteroatoms. The van der Waals surface area contributed by atoms with E-state index in [4.69, 9.17) is 9.47 Å². The first-order valence-electron chi connectivity index (χ1n) is 6.60. The first-order chi connectivity index (χ1) is 9.77. The number of pyridine rings is 1. The van der Waals surface area contributed by atoms with E-state index < -0.39 is 0 Å². The van der Waals surface area contributed by atoms with E-state index in [1.165, 1.54) is 0 Å². The Kier molecular flexibility index (Phi) is 3.37. The highest BCUT2D eigenvalue weighted by atomic mass is 16.6. The highest BCUT2D eigenvalue weighted by Crippen LogP contribution is 2.36. The van der Waals surface area contributed by atoms with Crippen LogP contribution in [-0.2, 0) is 0 Å². The minimum Gasteiger partial charge on any atom is -0.486 e. The van der Waals surface area contributed by atoms with Crippen LogP contribution in [0, 0.1) is 0 Å². The highest BCUT2D eigenvalue weighted by Gasteiger charge is 2.24. The van der Waals surface area contributed by atoms with Gasteiger partial charge in [0.05, 0.1) is 5.56 Å². The summed E-state index contributed by atoms with van der Waals surface area (Å²) in [5, 5.41) is 0. The molecule has 0 spiro atoms. The number of carbonyl (C=O) groups excluding carboxylic acids is 1. The molecule has 1 aromatic carbocycles. The number of benzene rings is 1. The third-order valence-electron chi connectivity index (χ3n) is 3.43. The van der Waals surface area contributed by atoms with Crippen LogP contribution in [0.3, 0.4) is 0 Å². The largest absolute Gasteiger partial charge is 0.486 e. The number of ether oxygens (including phenoxy) is 2. The van der Waals surface area contributed by atoms with E-state index in [9.17, 15) is 4.79 Å². The summed E-state index contributed by atoms with van der Waals surface area (Å²) in [6.45, 7) is 2.88. The molecule has 20 heavy (non-hydrogen) atoms. The summed E-state index contributed by atoms with van der Waals surface area (Å²) < 4.78 is 11.1. The summed E-state index contributed by atoms with van der Waals surface area (Å²) in [5.41, 5.74) is 1.52. The second kappa shape index (κ2) is 5.33. The van der Waals surface area contributed by atoms with Gasteiger partial charge in [0.1, 0.15) is 13.2 Å². The van der Waals surface area contributed by atoms with E-state index in [2.05, 4.69) is 4.98 Å². The Bertz CT molecular complexity index is 625. The summed E-state index contributed by atoms with van der Waals surface area (Å²) in [6.07, 6.45) is 3.39. The fraction of sp³-hybridized carbons (Fsp3) is 0.250. The molecule has 1 aromatic heterocycles. The minimum atomic E-state index is -0.241. The standard InChI is InChI=1S/C16H15NO3/c1-11(12-5-7-17-8-6-12)15(18)13-3-2-4-14-16(13)20-10-9-19-14/h2-8,11H,9-10H2,1H3. The molecule has 3 rings (SSSR count). The summed E-state index contributed by atoms with van der Waals surface area (Å²) >= 11 is 0. The molecule has 2 heterocycles. The van der Waals surface area contributed by atoms with Crippen LogP contribution in [0.25, 0.3) is 0 Å². The van der Waals surface area contributed by atoms with Crippen molar-refractivity contribution in [2.24, 2.45) is 0 Å². The molecule has 0 bridgehead atoms. The molecule has 1 aliphatic rings. The van der Waals surface area contributed by atoms with Crippen LogP contribution in [-0.4, -0.2) is 24.0 Å². The van der Waals surface area contributed by atoms with Crippen molar-refractivity contribution in [2.45, 2.75) is 12.8 Å². The van der Waals surface area contributed by atoms with Gasteiger partial charge in [-0.1, -0.05) is 13.0 Å². The number of rotatable bonds is 3. The molecule has 0 fully saturated rings. The van der Waals surface area contributed by atoms with Gasteiger partial charge in [0, 0.05) is 18.3 Å². The van der Waals surface area contributed by atoms with Gasteiger partial charge in [0.2, 0.25) is 0 Å².